The smallest absolute Gasteiger partial charge is 0.297 e. The van der Waals surface area contributed by atoms with Gasteiger partial charge in [0, 0.05) is 0 Å². The molecule has 5 unspecified atom stereocenters. The first kappa shape index (κ1) is 18.7. The second-order valence-corrected chi connectivity index (χ2v) is 8.22. The molecule has 0 spiro atoms. The van der Waals surface area contributed by atoms with E-state index in [4.69, 9.17) is 18.4 Å². The van der Waals surface area contributed by atoms with Crippen LogP contribution in [0.25, 0.3) is 0 Å². The van der Waals surface area contributed by atoms with Crippen molar-refractivity contribution in [3.8, 4) is 0 Å². The molecule has 0 bridgehead atoms. The fraction of sp³-hybridized carbons (Fsp3) is 0.625. The zero-order valence-corrected chi connectivity index (χ0v) is 15.0. The van der Waals surface area contributed by atoms with Crippen LogP contribution in [0.2, 0.25) is 0 Å². The maximum Gasteiger partial charge on any atom is 0.297 e. The molecule has 9 heteroatoms. The fourth-order valence-electron chi connectivity index (χ4n) is 2.93. The Hall–Kier alpha value is -1.07. The fourth-order valence-corrected chi connectivity index (χ4v) is 4.03. The Labute approximate surface area is 146 Å². The van der Waals surface area contributed by atoms with Crippen molar-refractivity contribution in [3.63, 3.8) is 0 Å². The average molecular weight is 374 g/mol. The predicted molar refractivity (Wildman–Crippen MR) is 85.0 cm³/mol. The summed E-state index contributed by atoms with van der Waals surface area (Å²) in [6.45, 7) is 4.55. The zero-order valence-electron chi connectivity index (χ0n) is 14.2. The molecule has 2 saturated heterocycles. The zero-order chi connectivity index (χ0) is 18.4. The molecule has 2 heterocycles. The quantitative estimate of drug-likeness (QED) is 0.708. The van der Waals surface area contributed by atoms with Crippen LogP contribution in [0.15, 0.2) is 29.2 Å². The highest BCUT2D eigenvalue weighted by atomic mass is 32.2. The van der Waals surface area contributed by atoms with Gasteiger partial charge in [-0.2, -0.15) is 8.42 Å². The summed E-state index contributed by atoms with van der Waals surface area (Å²) >= 11 is 0. The summed E-state index contributed by atoms with van der Waals surface area (Å²) in [6, 6.07) is 6.18. The van der Waals surface area contributed by atoms with E-state index in [2.05, 4.69) is 0 Å². The van der Waals surface area contributed by atoms with Crippen molar-refractivity contribution < 1.29 is 37.0 Å². The third-order valence-electron chi connectivity index (χ3n) is 4.14. The van der Waals surface area contributed by atoms with Gasteiger partial charge in [-0.15, -0.1) is 0 Å². The second-order valence-electron chi connectivity index (χ2n) is 6.65. The third kappa shape index (κ3) is 3.72. The van der Waals surface area contributed by atoms with Gasteiger partial charge in [0.25, 0.3) is 10.1 Å². The Morgan fingerprint density at radius 3 is 2.48 bits per heavy atom. The molecule has 0 aliphatic carbocycles. The van der Waals surface area contributed by atoms with E-state index in [1.807, 2.05) is 6.92 Å². The molecule has 2 aliphatic heterocycles. The van der Waals surface area contributed by atoms with Crippen molar-refractivity contribution in [2.75, 3.05) is 6.61 Å². The summed E-state index contributed by atoms with van der Waals surface area (Å²) in [5, 5.41) is 19.2. The molecule has 0 aromatic heterocycles. The van der Waals surface area contributed by atoms with Crippen molar-refractivity contribution in [2.45, 2.75) is 62.2 Å². The highest BCUT2D eigenvalue weighted by Crippen LogP contribution is 2.40. The Morgan fingerprint density at radius 1 is 1.24 bits per heavy atom. The summed E-state index contributed by atoms with van der Waals surface area (Å²) in [5.74, 6) is -0.973. The Bertz CT molecular complexity index is 714. The van der Waals surface area contributed by atoms with Crippen LogP contribution >= 0.6 is 0 Å². The molecule has 140 valence electrons. The first-order valence-corrected chi connectivity index (χ1v) is 9.34. The predicted octanol–water partition coefficient (Wildman–Crippen LogP) is 0.299. The number of hydrogen-bond acceptors (Lipinski definition) is 8. The molecular formula is C16H22O8S. The lowest BCUT2D eigenvalue weighted by atomic mass is 10.1. The van der Waals surface area contributed by atoms with E-state index in [9.17, 15) is 18.6 Å². The molecule has 2 aliphatic rings. The highest BCUT2D eigenvalue weighted by molar-refractivity contribution is 7.86. The SMILES string of the molecule is Cc1ccc(S(=O)(=O)OC2C(C(O)CO)OC3OC(C)(C)OC32)cc1. The van der Waals surface area contributed by atoms with Crippen LogP contribution in [0.3, 0.4) is 0 Å². The van der Waals surface area contributed by atoms with Crippen molar-refractivity contribution >= 4 is 10.1 Å². The Kier molecular flexibility index (Phi) is 4.93. The molecule has 0 radical (unpaired) electrons. The van der Waals surface area contributed by atoms with Gasteiger partial charge < -0.3 is 24.4 Å². The number of ether oxygens (including phenoxy) is 3. The minimum Gasteiger partial charge on any atom is -0.394 e. The van der Waals surface area contributed by atoms with E-state index in [-0.39, 0.29) is 4.90 Å². The molecule has 0 amide bonds. The first-order valence-electron chi connectivity index (χ1n) is 7.93. The molecule has 5 atom stereocenters. The van der Waals surface area contributed by atoms with Crippen LogP contribution in [0.5, 0.6) is 0 Å². The Morgan fingerprint density at radius 2 is 1.88 bits per heavy atom. The van der Waals surface area contributed by atoms with E-state index in [0.29, 0.717) is 0 Å². The summed E-state index contributed by atoms with van der Waals surface area (Å²) in [7, 11) is -4.12. The van der Waals surface area contributed by atoms with Gasteiger partial charge in [0.2, 0.25) is 0 Å². The maximum absolute atomic E-state index is 12.6. The lowest BCUT2D eigenvalue weighted by Gasteiger charge is -2.27. The van der Waals surface area contributed by atoms with Gasteiger partial charge in [-0.25, -0.2) is 0 Å². The van der Waals surface area contributed by atoms with Crippen LogP contribution in [0.4, 0.5) is 0 Å². The van der Waals surface area contributed by atoms with Gasteiger partial charge in [0.05, 0.1) is 11.5 Å². The first-order chi connectivity index (χ1) is 11.6. The number of aliphatic hydroxyl groups is 2. The monoisotopic (exact) mass is 374 g/mol. The summed E-state index contributed by atoms with van der Waals surface area (Å²) in [5.41, 5.74) is 0.908. The van der Waals surface area contributed by atoms with Crippen molar-refractivity contribution in [3.05, 3.63) is 29.8 Å². The maximum atomic E-state index is 12.6. The normalized spacial score (nSPS) is 32.5. The largest absolute Gasteiger partial charge is 0.394 e. The molecule has 25 heavy (non-hydrogen) atoms. The van der Waals surface area contributed by atoms with E-state index in [1.165, 1.54) is 12.1 Å². The lowest BCUT2D eigenvalue weighted by molar-refractivity contribution is -0.225. The van der Waals surface area contributed by atoms with Crippen LogP contribution < -0.4 is 0 Å². The number of rotatable bonds is 5. The van der Waals surface area contributed by atoms with E-state index < -0.39 is 53.2 Å². The molecule has 1 aromatic rings. The number of benzene rings is 1. The molecule has 2 N–H and O–H groups in total. The summed E-state index contributed by atoms with van der Waals surface area (Å²) < 4.78 is 47.3. The summed E-state index contributed by atoms with van der Waals surface area (Å²) in [4.78, 5) is -0.0167. The molecule has 3 rings (SSSR count). The van der Waals surface area contributed by atoms with E-state index in [0.717, 1.165) is 5.56 Å². The van der Waals surface area contributed by atoms with Crippen LogP contribution in [-0.4, -0.2) is 61.7 Å². The van der Waals surface area contributed by atoms with Gasteiger partial charge in [-0.3, -0.25) is 4.18 Å². The van der Waals surface area contributed by atoms with Crippen LogP contribution in [0, 0.1) is 6.92 Å². The molecule has 0 saturated carbocycles. The van der Waals surface area contributed by atoms with Gasteiger partial charge in [-0.1, -0.05) is 17.7 Å². The Balaban J connectivity index is 1.87. The molecular weight excluding hydrogens is 352 g/mol. The van der Waals surface area contributed by atoms with Crippen LogP contribution in [0.1, 0.15) is 19.4 Å². The van der Waals surface area contributed by atoms with Gasteiger partial charge in [0.1, 0.15) is 24.4 Å². The molecule has 2 fully saturated rings. The van der Waals surface area contributed by atoms with Gasteiger partial charge >= 0.3 is 0 Å². The number of aryl methyl sites for hydroxylation is 1. The lowest BCUT2D eigenvalue weighted by Crippen LogP contribution is -2.45. The van der Waals surface area contributed by atoms with E-state index in [1.54, 1.807) is 26.0 Å². The highest BCUT2D eigenvalue weighted by Gasteiger charge is 2.58. The standard InChI is InChI=1S/C16H22O8S/c1-9-4-6-10(7-5-9)25(19,20)24-13-12(11(18)8-17)21-15-14(13)22-16(2,3)23-15/h4-7,11-15,17-18H,8H2,1-3H3. The van der Waals surface area contributed by atoms with Crippen molar-refractivity contribution in [2.24, 2.45) is 0 Å². The average Bonchev–Trinajstić information content (AvgIpc) is 3.00. The van der Waals surface area contributed by atoms with Gasteiger partial charge in [0.15, 0.2) is 12.1 Å². The summed E-state index contributed by atoms with van der Waals surface area (Å²) in [6.07, 6.45) is -5.32. The van der Waals surface area contributed by atoms with Crippen LogP contribution in [-0.2, 0) is 28.5 Å². The molecule has 1 aromatic carbocycles. The minimum atomic E-state index is -4.12. The third-order valence-corrected chi connectivity index (χ3v) is 5.47. The number of fused-ring (bicyclic) bond motifs is 1. The number of hydrogen-bond donors (Lipinski definition) is 2. The molecule has 8 nitrogen and oxygen atoms in total. The second kappa shape index (κ2) is 6.58. The number of aliphatic hydroxyl groups excluding tert-OH is 2. The van der Waals surface area contributed by atoms with Crippen molar-refractivity contribution in [1.82, 2.24) is 0 Å². The van der Waals surface area contributed by atoms with Gasteiger partial charge in [-0.05, 0) is 32.9 Å². The van der Waals surface area contributed by atoms with E-state index >= 15 is 0 Å². The van der Waals surface area contributed by atoms with Crippen molar-refractivity contribution in [1.29, 1.82) is 0 Å². The minimum absolute atomic E-state index is 0.0167. The topological polar surface area (TPSA) is 112 Å².